The molecule has 0 radical (unpaired) electrons. The summed E-state index contributed by atoms with van der Waals surface area (Å²) in [4.78, 5) is 4.18. The monoisotopic (exact) mass is 156 g/mol. The zero-order valence-corrected chi connectivity index (χ0v) is 7.01. The van der Waals surface area contributed by atoms with Gasteiger partial charge < -0.3 is 4.57 Å². The van der Waals surface area contributed by atoms with Crippen molar-refractivity contribution in [3.05, 3.63) is 18.2 Å². The molecule has 1 aromatic heterocycles. The van der Waals surface area contributed by atoms with E-state index in [9.17, 15) is 0 Å². The summed E-state index contributed by atoms with van der Waals surface area (Å²) in [7, 11) is 0. The third kappa shape index (κ3) is 1.53. The van der Waals surface area contributed by atoms with Crippen LogP contribution in [0, 0.1) is 0 Å². The van der Waals surface area contributed by atoms with Crippen LogP contribution in [0.5, 0.6) is 0 Å². The van der Waals surface area contributed by atoms with E-state index in [1.165, 1.54) is 0 Å². The summed E-state index contributed by atoms with van der Waals surface area (Å²) in [5, 5.41) is 0. The number of hydrogen-bond acceptors (Lipinski definition) is 2. The van der Waals surface area contributed by atoms with Crippen LogP contribution in [0.15, 0.2) is 12.4 Å². The van der Waals surface area contributed by atoms with Gasteiger partial charge in [-0.25, -0.2) is 4.98 Å². The van der Waals surface area contributed by atoms with Crippen molar-refractivity contribution in [2.24, 2.45) is 0 Å². The molecule has 1 aromatic rings. The quantitative estimate of drug-likeness (QED) is 0.654. The topological polar surface area (TPSA) is 17.8 Å². The Labute approximate surface area is 66.7 Å². The van der Waals surface area contributed by atoms with E-state index in [2.05, 4.69) is 29.1 Å². The maximum atomic E-state index is 4.18. The lowest BCUT2D eigenvalue weighted by molar-refractivity contribution is 0.713. The molecule has 10 heavy (non-hydrogen) atoms. The van der Waals surface area contributed by atoms with Gasteiger partial charge in [0.15, 0.2) is 0 Å². The predicted molar refractivity (Wildman–Crippen MR) is 45.5 cm³/mol. The second-order valence-electron chi connectivity index (χ2n) is 2.11. The SMILES string of the molecule is CCc1nccn1CCS. The normalized spacial score (nSPS) is 10.2. The number of aryl methyl sites for hydroxylation is 2. The Morgan fingerprint density at radius 3 is 3.10 bits per heavy atom. The standard InChI is InChI=1S/C7H12N2S/c1-2-7-8-3-4-9(7)5-6-10/h3-4,10H,2,5-6H2,1H3. The minimum atomic E-state index is 0.878. The van der Waals surface area contributed by atoms with Crippen LogP contribution in [0.3, 0.4) is 0 Å². The molecular formula is C7H12N2S. The molecule has 0 N–H and O–H groups in total. The minimum absolute atomic E-state index is 0.878. The summed E-state index contributed by atoms with van der Waals surface area (Å²) in [6.07, 6.45) is 4.83. The molecular weight excluding hydrogens is 144 g/mol. The highest BCUT2D eigenvalue weighted by Gasteiger charge is 1.96. The molecule has 0 amide bonds. The van der Waals surface area contributed by atoms with Crippen LogP contribution in [-0.2, 0) is 13.0 Å². The molecule has 0 atom stereocenters. The molecule has 0 saturated carbocycles. The lowest BCUT2D eigenvalue weighted by atomic mass is 10.4. The summed E-state index contributed by atoms with van der Waals surface area (Å²) in [6.45, 7) is 3.07. The number of nitrogens with zero attached hydrogens (tertiary/aromatic N) is 2. The molecule has 3 heteroatoms. The van der Waals surface area contributed by atoms with Gasteiger partial charge in [-0.2, -0.15) is 12.6 Å². The zero-order valence-electron chi connectivity index (χ0n) is 6.12. The fourth-order valence-corrected chi connectivity index (χ4v) is 1.18. The van der Waals surface area contributed by atoms with Crippen LogP contribution < -0.4 is 0 Å². The lowest BCUT2D eigenvalue weighted by Gasteiger charge is -2.01. The van der Waals surface area contributed by atoms with Crippen LogP contribution in [0.2, 0.25) is 0 Å². The Balaban J connectivity index is 2.70. The minimum Gasteiger partial charge on any atom is -0.334 e. The average Bonchev–Trinajstić information content (AvgIpc) is 2.36. The summed E-state index contributed by atoms with van der Waals surface area (Å²) < 4.78 is 2.13. The first kappa shape index (κ1) is 7.66. The van der Waals surface area contributed by atoms with E-state index in [1.54, 1.807) is 0 Å². The third-order valence-electron chi connectivity index (χ3n) is 1.46. The molecule has 0 unspecified atom stereocenters. The molecule has 1 rings (SSSR count). The lowest BCUT2D eigenvalue weighted by Crippen LogP contribution is -2.02. The van der Waals surface area contributed by atoms with Crippen LogP contribution in [0.1, 0.15) is 12.7 Å². The van der Waals surface area contributed by atoms with Crippen molar-refractivity contribution < 1.29 is 0 Å². The number of aromatic nitrogens is 2. The smallest absolute Gasteiger partial charge is 0.108 e. The molecule has 0 aromatic carbocycles. The second kappa shape index (κ2) is 3.66. The van der Waals surface area contributed by atoms with Gasteiger partial charge in [0.25, 0.3) is 0 Å². The number of rotatable bonds is 3. The highest BCUT2D eigenvalue weighted by molar-refractivity contribution is 7.80. The maximum Gasteiger partial charge on any atom is 0.108 e. The van der Waals surface area contributed by atoms with Gasteiger partial charge in [0.05, 0.1) is 0 Å². The molecule has 0 aliphatic carbocycles. The number of imidazole rings is 1. The Morgan fingerprint density at radius 1 is 1.70 bits per heavy atom. The van der Waals surface area contributed by atoms with Crippen LogP contribution in [-0.4, -0.2) is 15.3 Å². The molecule has 2 nitrogen and oxygen atoms in total. The van der Waals surface area contributed by atoms with Crippen molar-refractivity contribution in [2.75, 3.05) is 5.75 Å². The fourth-order valence-electron chi connectivity index (χ4n) is 0.966. The van der Waals surface area contributed by atoms with Gasteiger partial charge in [0.1, 0.15) is 5.82 Å². The van der Waals surface area contributed by atoms with Crippen LogP contribution in [0.4, 0.5) is 0 Å². The highest BCUT2D eigenvalue weighted by atomic mass is 32.1. The first-order chi connectivity index (χ1) is 4.88. The average molecular weight is 156 g/mol. The van der Waals surface area contributed by atoms with E-state index in [-0.39, 0.29) is 0 Å². The van der Waals surface area contributed by atoms with Gasteiger partial charge >= 0.3 is 0 Å². The number of hydrogen-bond donors (Lipinski definition) is 1. The van der Waals surface area contributed by atoms with E-state index < -0.39 is 0 Å². The maximum absolute atomic E-state index is 4.18. The van der Waals surface area contributed by atoms with Gasteiger partial charge in [-0.15, -0.1) is 0 Å². The molecule has 0 aliphatic rings. The fraction of sp³-hybridized carbons (Fsp3) is 0.571. The highest BCUT2D eigenvalue weighted by Crippen LogP contribution is 1.98. The van der Waals surface area contributed by atoms with E-state index in [0.717, 1.165) is 24.5 Å². The Kier molecular flexibility index (Phi) is 2.81. The summed E-state index contributed by atoms with van der Waals surface area (Å²) in [5.74, 6) is 2.03. The second-order valence-corrected chi connectivity index (χ2v) is 2.56. The first-order valence-electron chi connectivity index (χ1n) is 3.49. The van der Waals surface area contributed by atoms with Crippen molar-refractivity contribution in [2.45, 2.75) is 19.9 Å². The zero-order chi connectivity index (χ0) is 7.40. The van der Waals surface area contributed by atoms with Crippen LogP contribution >= 0.6 is 12.6 Å². The van der Waals surface area contributed by atoms with Gasteiger partial charge in [-0.1, -0.05) is 6.92 Å². The van der Waals surface area contributed by atoms with E-state index in [0.29, 0.717) is 0 Å². The Hall–Kier alpha value is -0.440. The Bertz CT molecular complexity index is 195. The van der Waals surface area contributed by atoms with Gasteiger partial charge in [-0.05, 0) is 0 Å². The summed E-state index contributed by atoms with van der Waals surface area (Å²) >= 11 is 4.14. The Morgan fingerprint density at radius 2 is 2.50 bits per heavy atom. The summed E-state index contributed by atoms with van der Waals surface area (Å²) in [5.41, 5.74) is 0. The van der Waals surface area contributed by atoms with Gasteiger partial charge in [0, 0.05) is 31.1 Å². The van der Waals surface area contributed by atoms with Crippen molar-refractivity contribution in [3.63, 3.8) is 0 Å². The van der Waals surface area contributed by atoms with Crippen molar-refractivity contribution in [1.29, 1.82) is 0 Å². The largest absolute Gasteiger partial charge is 0.334 e. The molecule has 1 heterocycles. The molecule has 0 aliphatic heterocycles. The predicted octanol–water partition coefficient (Wildman–Crippen LogP) is 1.38. The van der Waals surface area contributed by atoms with E-state index >= 15 is 0 Å². The summed E-state index contributed by atoms with van der Waals surface area (Å²) in [6, 6.07) is 0. The van der Waals surface area contributed by atoms with Gasteiger partial charge in [0.2, 0.25) is 0 Å². The molecule has 0 fully saturated rings. The molecule has 56 valence electrons. The number of thiol groups is 1. The van der Waals surface area contributed by atoms with E-state index in [1.807, 2.05) is 12.4 Å². The van der Waals surface area contributed by atoms with Crippen molar-refractivity contribution in [1.82, 2.24) is 9.55 Å². The third-order valence-corrected chi connectivity index (χ3v) is 1.66. The van der Waals surface area contributed by atoms with Gasteiger partial charge in [-0.3, -0.25) is 0 Å². The van der Waals surface area contributed by atoms with Crippen molar-refractivity contribution >= 4 is 12.6 Å². The molecule has 0 spiro atoms. The molecule has 0 saturated heterocycles. The first-order valence-corrected chi connectivity index (χ1v) is 4.12. The molecule has 0 bridgehead atoms. The van der Waals surface area contributed by atoms with Crippen molar-refractivity contribution in [3.8, 4) is 0 Å². The van der Waals surface area contributed by atoms with E-state index in [4.69, 9.17) is 0 Å². The van der Waals surface area contributed by atoms with Crippen LogP contribution in [0.25, 0.3) is 0 Å².